The van der Waals surface area contributed by atoms with Crippen molar-refractivity contribution in [3.63, 3.8) is 0 Å². The van der Waals surface area contributed by atoms with Crippen LogP contribution in [0.1, 0.15) is 52.9 Å². The van der Waals surface area contributed by atoms with Gasteiger partial charge < -0.3 is 10.6 Å². The van der Waals surface area contributed by atoms with Gasteiger partial charge in [0, 0.05) is 6.04 Å². The molecule has 2 heteroatoms. The van der Waals surface area contributed by atoms with Gasteiger partial charge in [-0.25, -0.2) is 0 Å². The molecule has 1 fully saturated rings. The van der Waals surface area contributed by atoms with E-state index in [1.807, 2.05) is 0 Å². The van der Waals surface area contributed by atoms with E-state index in [0.717, 1.165) is 24.9 Å². The van der Waals surface area contributed by atoms with E-state index >= 15 is 0 Å². The summed E-state index contributed by atoms with van der Waals surface area (Å²) < 4.78 is 0. The molecule has 96 valence electrons. The maximum absolute atomic E-state index is 5.56. The number of hydrogen-bond donors (Lipinski definition) is 1. The highest BCUT2D eigenvalue weighted by Crippen LogP contribution is 2.38. The zero-order valence-corrected chi connectivity index (χ0v) is 11.6. The van der Waals surface area contributed by atoms with Crippen molar-refractivity contribution in [1.29, 1.82) is 0 Å². The molecule has 1 saturated carbocycles. The van der Waals surface area contributed by atoms with E-state index < -0.39 is 0 Å². The molecular formula is C14H30N2. The van der Waals surface area contributed by atoms with E-state index in [0.29, 0.717) is 5.41 Å². The van der Waals surface area contributed by atoms with Crippen LogP contribution in [0.2, 0.25) is 0 Å². The Hall–Kier alpha value is -0.0800. The van der Waals surface area contributed by atoms with Crippen LogP contribution in [0.15, 0.2) is 0 Å². The summed E-state index contributed by atoms with van der Waals surface area (Å²) in [5.41, 5.74) is 6.06. The van der Waals surface area contributed by atoms with E-state index in [2.05, 4.69) is 32.7 Å². The van der Waals surface area contributed by atoms with Gasteiger partial charge in [0.05, 0.1) is 0 Å². The average molecular weight is 226 g/mol. The predicted molar refractivity (Wildman–Crippen MR) is 71.5 cm³/mol. The molecule has 1 aliphatic carbocycles. The molecule has 0 aromatic heterocycles. The SMILES string of the molecule is CN(CCCN)C1CCC(C(C)(C)C)CC1. The monoisotopic (exact) mass is 226 g/mol. The molecule has 0 bridgehead atoms. The van der Waals surface area contributed by atoms with Gasteiger partial charge in [-0.15, -0.1) is 0 Å². The minimum absolute atomic E-state index is 0.501. The summed E-state index contributed by atoms with van der Waals surface area (Å²) in [6.45, 7) is 9.14. The standard InChI is InChI=1S/C14H30N2/c1-14(2,3)12-6-8-13(9-7-12)16(4)11-5-10-15/h12-13H,5-11,15H2,1-4H3. The zero-order chi connectivity index (χ0) is 12.2. The Morgan fingerprint density at radius 3 is 2.12 bits per heavy atom. The number of nitrogens with two attached hydrogens (primary N) is 1. The highest BCUT2D eigenvalue weighted by molar-refractivity contribution is 4.83. The van der Waals surface area contributed by atoms with Crippen LogP contribution in [0.4, 0.5) is 0 Å². The van der Waals surface area contributed by atoms with Crippen molar-refractivity contribution in [3.05, 3.63) is 0 Å². The Balaban J connectivity index is 2.31. The fourth-order valence-corrected chi connectivity index (χ4v) is 2.91. The van der Waals surface area contributed by atoms with Gasteiger partial charge >= 0.3 is 0 Å². The van der Waals surface area contributed by atoms with Gasteiger partial charge in [-0.05, 0) is 63.6 Å². The first-order valence-electron chi connectivity index (χ1n) is 6.85. The van der Waals surface area contributed by atoms with Gasteiger partial charge in [0.15, 0.2) is 0 Å². The lowest BCUT2D eigenvalue weighted by molar-refractivity contribution is 0.111. The summed E-state index contributed by atoms with van der Waals surface area (Å²) >= 11 is 0. The van der Waals surface area contributed by atoms with Crippen molar-refractivity contribution >= 4 is 0 Å². The van der Waals surface area contributed by atoms with Crippen molar-refractivity contribution < 1.29 is 0 Å². The fraction of sp³-hybridized carbons (Fsp3) is 1.00. The van der Waals surface area contributed by atoms with Crippen molar-refractivity contribution in [2.75, 3.05) is 20.1 Å². The van der Waals surface area contributed by atoms with Crippen LogP contribution in [-0.4, -0.2) is 31.1 Å². The van der Waals surface area contributed by atoms with Crippen molar-refractivity contribution in [3.8, 4) is 0 Å². The molecule has 1 rings (SSSR count). The Morgan fingerprint density at radius 2 is 1.69 bits per heavy atom. The molecular weight excluding hydrogens is 196 g/mol. The van der Waals surface area contributed by atoms with Crippen LogP contribution in [0.3, 0.4) is 0 Å². The van der Waals surface area contributed by atoms with Gasteiger partial charge in [0.1, 0.15) is 0 Å². The lowest BCUT2D eigenvalue weighted by Gasteiger charge is -2.40. The highest BCUT2D eigenvalue weighted by Gasteiger charge is 2.30. The number of nitrogens with zero attached hydrogens (tertiary/aromatic N) is 1. The molecule has 0 amide bonds. The smallest absolute Gasteiger partial charge is 0.00924 e. The van der Waals surface area contributed by atoms with E-state index in [4.69, 9.17) is 5.73 Å². The fourth-order valence-electron chi connectivity index (χ4n) is 2.91. The molecule has 0 aromatic rings. The second kappa shape index (κ2) is 6.02. The Bertz CT molecular complexity index is 187. The number of rotatable bonds is 4. The lowest BCUT2D eigenvalue weighted by atomic mass is 9.71. The van der Waals surface area contributed by atoms with E-state index in [1.165, 1.54) is 32.2 Å². The van der Waals surface area contributed by atoms with Gasteiger partial charge in [0.25, 0.3) is 0 Å². The molecule has 0 aliphatic heterocycles. The second-order valence-corrected chi connectivity index (χ2v) is 6.49. The summed E-state index contributed by atoms with van der Waals surface area (Å²) in [7, 11) is 2.26. The largest absolute Gasteiger partial charge is 0.330 e. The van der Waals surface area contributed by atoms with E-state index in [9.17, 15) is 0 Å². The molecule has 16 heavy (non-hydrogen) atoms. The molecule has 0 radical (unpaired) electrons. The Kier molecular flexibility index (Phi) is 5.26. The van der Waals surface area contributed by atoms with Crippen LogP contribution < -0.4 is 5.73 Å². The van der Waals surface area contributed by atoms with E-state index in [-0.39, 0.29) is 0 Å². The Morgan fingerprint density at radius 1 is 1.12 bits per heavy atom. The quantitative estimate of drug-likeness (QED) is 0.798. The van der Waals surface area contributed by atoms with E-state index in [1.54, 1.807) is 0 Å². The molecule has 0 atom stereocenters. The predicted octanol–water partition coefficient (Wildman–Crippen LogP) is 2.87. The molecule has 0 aromatic carbocycles. The summed E-state index contributed by atoms with van der Waals surface area (Å²) in [5, 5.41) is 0. The first-order valence-corrected chi connectivity index (χ1v) is 6.85. The normalized spacial score (nSPS) is 27.4. The third-order valence-electron chi connectivity index (χ3n) is 4.26. The van der Waals surface area contributed by atoms with Crippen LogP contribution in [0.25, 0.3) is 0 Å². The molecule has 0 spiro atoms. The maximum atomic E-state index is 5.56. The van der Waals surface area contributed by atoms with Gasteiger partial charge in [-0.1, -0.05) is 20.8 Å². The first kappa shape index (κ1) is 14.0. The zero-order valence-electron chi connectivity index (χ0n) is 11.6. The number of hydrogen-bond acceptors (Lipinski definition) is 2. The highest BCUT2D eigenvalue weighted by atomic mass is 15.1. The second-order valence-electron chi connectivity index (χ2n) is 6.49. The van der Waals surface area contributed by atoms with Crippen molar-refractivity contribution in [2.45, 2.75) is 58.9 Å². The molecule has 1 aliphatic rings. The van der Waals surface area contributed by atoms with Crippen LogP contribution >= 0.6 is 0 Å². The lowest BCUT2D eigenvalue weighted by Crippen LogP contribution is -2.38. The van der Waals surface area contributed by atoms with Crippen molar-refractivity contribution in [1.82, 2.24) is 4.90 Å². The third kappa shape index (κ3) is 4.06. The molecule has 0 heterocycles. The van der Waals surface area contributed by atoms with Crippen LogP contribution in [0, 0.1) is 11.3 Å². The summed E-state index contributed by atoms with van der Waals surface area (Å²) in [6, 6.07) is 0.810. The summed E-state index contributed by atoms with van der Waals surface area (Å²) in [6.07, 6.45) is 6.70. The van der Waals surface area contributed by atoms with Gasteiger partial charge in [-0.3, -0.25) is 0 Å². The van der Waals surface area contributed by atoms with Crippen molar-refractivity contribution in [2.24, 2.45) is 17.1 Å². The van der Waals surface area contributed by atoms with Crippen LogP contribution in [-0.2, 0) is 0 Å². The maximum Gasteiger partial charge on any atom is 0.00924 e. The summed E-state index contributed by atoms with van der Waals surface area (Å²) in [4.78, 5) is 2.52. The topological polar surface area (TPSA) is 29.3 Å². The van der Waals surface area contributed by atoms with Gasteiger partial charge in [0.2, 0.25) is 0 Å². The Labute approximate surface area is 102 Å². The minimum atomic E-state index is 0.501. The first-order chi connectivity index (χ1) is 7.45. The van der Waals surface area contributed by atoms with Crippen LogP contribution in [0.5, 0.6) is 0 Å². The molecule has 0 unspecified atom stereocenters. The third-order valence-corrected chi connectivity index (χ3v) is 4.26. The minimum Gasteiger partial charge on any atom is -0.330 e. The summed E-state index contributed by atoms with van der Waals surface area (Å²) in [5.74, 6) is 0.923. The van der Waals surface area contributed by atoms with Gasteiger partial charge in [-0.2, -0.15) is 0 Å². The average Bonchev–Trinajstić information content (AvgIpc) is 2.25. The molecule has 2 nitrogen and oxygen atoms in total. The molecule has 2 N–H and O–H groups in total. The molecule has 0 saturated heterocycles.